The van der Waals surface area contributed by atoms with Crippen LogP contribution < -0.4 is 0 Å². The number of hydrogen-bond acceptors (Lipinski definition) is 3. The quantitative estimate of drug-likeness (QED) is 0.464. The van der Waals surface area contributed by atoms with Gasteiger partial charge in [-0.05, 0) is 102 Å². The zero-order valence-corrected chi connectivity index (χ0v) is 21.4. The summed E-state index contributed by atoms with van der Waals surface area (Å²) in [6, 6.07) is 0. The van der Waals surface area contributed by atoms with Gasteiger partial charge < -0.3 is 15.3 Å². The van der Waals surface area contributed by atoms with Crippen LogP contribution >= 0.6 is 0 Å². The third-order valence-electron chi connectivity index (χ3n) is 11.0. The summed E-state index contributed by atoms with van der Waals surface area (Å²) in [4.78, 5) is 0. The van der Waals surface area contributed by atoms with Gasteiger partial charge in [-0.25, -0.2) is 0 Å². The van der Waals surface area contributed by atoms with E-state index < -0.39 is 18.3 Å². The standard InChI is InChI=1S/C29H48O3/c1-16(2)17(3)8-9-18(4)21-14-25(32)27-26-20(10-12-29(21,27)7)28(6)13-11-23(30)19(5)22(28)15-24(26)31/h16-18,20-25,30-32H,5,8-15H2,1-4,6-7H3/t17-,18-,20+,21-,22+,23+,24-,25+,28-,29-/m1/s1. The Hall–Kier alpha value is -0.640. The first-order valence-corrected chi connectivity index (χ1v) is 13.4. The monoisotopic (exact) mass is 444 g/mol. The zero-order chi connectivity index (χ0) is 23.6. The first-order chi connectivity index (χ1) is 14.9. The molecule has 0 aliphatic heterocycles. The van der Waals surface area contributed by atoms with Crippen LogP contribution in [0.2, 0.25) is 0 Å². The van der Waals surface area contributed by atoms with Gasteiger partial charge in [0.05, 0.1) is 18.3 Å². The highest BCUT2D eigenvalue weighted by Gasteiger charge is 2.60. The average molecular weight is 445 g/mol. The number of hydrogen-bond donors (Lipinski definition) is 3. The van der Waals surface area contributed by atoms with Gasteiger partial charge in [0, 0.05) is 0 Å². The fourth-order valence-electron chi connectivity index (χ4n) is 8.50. The van der Waals surface area contributed by atoms with Crippen molar-refractivity contribution in [3.05, 3.63) is 23.3 Å². The maximum Gasteiger partial charge on any atom is 0.0762 e. The Labute approximate surface area is 196 Å². The molecular formula is C29H48O3. The lowest BCUT2D eigenvalue weighted by Crippen LogP contribution is -2.53. The fraction of sp³-hybridized carbons (Fsp3) is 0.862. The molecule has 0 aromatic rings. The summed E-state index contributed by atoms with van der Waals surface area (Å²) in [7, 11) is 0. The molecule has 10 atom stereocenters. The molecule has 0 unspecified atom stereocenters. The van der Waals surface area contributed by atoms with Gasteiger partial charge in [0.25, 0.3) is 0 Å². The summed E-state index contributed by atoms with van der Waals surface area (Å²) >= 11 is 0. The molecule has 3 nitrogen and oxygen atoms in total. The maximum absolute atomic E-state index is 11.4. The molecule has 3 fully saturated rings. The van der Waals surface area contributed by atoms with E-state index in [1.54, 1.807) is 0 Å². The third kappa shape index (κ3) is 3.66. The minimum Gasteiger partial charge on any atom is -0.389 e. The Morgan fingerprint density at radius 2 is 1.56 bits per heavy atom. The predicted octanol–water partition coefficient (Wildman–Crippen LogP) is 5.89. The summed E-state index contributed by atoms with van der Waals surface area (Å²) in [5.41, 5.74) is 3.34. The first-order valence-electron chi connectivity index (χ1n) is 13.4. The molecule has 0 radical (unpaired) electrons. The van der Waals surface area contributed by atoms with Crippen LogP contribution in [0.5, 0.6) is 0 Å². The Morgan fingerprint density at radius 3 is 2.22 bits per heavy atom. The van der Waals surface area contributed by atoms with Crippen LogP contribution in [-0.2, 0) is 0 Å². The van der Waals surface area contributed by atoms with Crippen LogP contribution in [0.15, 0.2) is 23.3 Å². The van der Waals surface area contributed by atoms with Gasteiger partial charge in [-0.3, -0.25) is 0 Å². The highest BCUT2D eigenvalue weighted by molar-refractivity contribution is 5.41. The number of rotatable bonds is 5. The molecule has 0 heterocycles. The van der Waals surface area contributed by atoms with Crippen molar-refractivity contribution >= 4 is 0 Å². The van der Waals surface area contributed by atoms with Crippen molar-refractivity contribution in [2.24, 2.45) is 46.3 Å². The molecular weight excluding hydrogens is 396 g/mol. The first kappa shape index (κ1) is 24.5. The second-order valence-electron chi connectivity index (χ2n) is 13.0. The molecule has 32 heavy (non-hydrogen) atoms. The van der Waals surface area contributed by atoms with Crippen molar-refractivity contribution in [3.63, 3.8) is 0 Å². The van der Waals surface area contributed by atoms with E-state index >= 15 is 0 Å². The summed E-state index contributed by atoms with van der Waals surface area (Å²) < 4.78 is 0. The molecule has 3 saturated carbocycles. The van der Waals surface area contributed by atoms with E-state index in [1.165, 1.54) is 24.0 Å². The van der Waals surface area contributed by atoms with E-state index in [1.807, 2.05) is 0 Å². The topological polar surface area (TPSA) is 60.7 Å². The molecule has 3 heteroatoms. The Bertz CT molecular complexity index is 768. The van der Waals surface area contributed by atoms with Gasteiger partial charge in [-0.15, -0.1) is 0 Å². The van der Waals surface area contributed by atoms with Crippen molar-refractivity contribution in [1.29, 1.82) is 0 Å². The van der Waals surface area contributed by atoms with Crippen LogP contribution in [0.3, 0.4) is 0 Å². The fourth-order valence-corrected chi connectivity index (χ4v) is 8.50. The van der Waals surface area contributed by atoms with E-state index in [9.17, 15) is 15.3 Å². The number of fused-ring (bicyclic) bond motifs is 4. The van der Waals surface area contributed by atoms with Crippen LogP contribution in [-0.4, -0.2) is 33.6 Å². The third-order valence-corrected chi connectivity index (χ3v) is 11.0. The summed E-state index contributed by atoms with van der Waals surface area (Å²) in [5, 5.41) is 33.2. The second-order valence-corrected chi connectivity index (χ2v) is 13.0. The minimum absolute atomic E-state index is 0.00109. The van der Waals surface area contributed by atoms with Gasteiger partial charge >= 0.3 is 0 Å². The summed E-state index contributed by atoms with van der Waals surface area (Å²) in [5.74, 6) is 2.99. The van der Waals surface area contributed by atoms with E-state index in [4.69, 9.17) is 0 Å². The van der Waals surface area contributed by atoms with E-state index in [2.05, 4.69) is 48.1 Å². The highest BCUT2D eigenvalue weighted by atomic mass is 16.3. The molecule has 0 aromatic heterocycles. The normalized spacial score (nSPS) is 46.0. The maximum atomic E-state index is 11.4. The van der Waals surface area contributed by atoms with Crippen LogP contribution in [0.4, 0.5) is 0 Å². The van der Waals surface area contributed by atoms with Crippen LogP contribution in [0, 0.1) is 46.3 Å². The minimum atomic E-state index is -0.514. The van der Waals surface area contributed by atoms with Crippen LogP contribution in [0.1, 0.15) is 92.9 Å². The van der Waals surface area contributed by atoms with Gasteiger partial charge in [-0.2, -0.15) is 0 Å². The largest absolute Gasteiger partial charge is 0.389 e. The second kappa shape index (κ2) is 8.54. The molecule has 182 valence electrons. The average Bonchev–Trinajstić information content (AvgIpc) is 3.01. The van der Waals surface area contributed by atoms with E-state index in [-0.39, 0.29) is 16.7 Å². The number of aliphatic hydroxyl groups is 3. The summed E-state index contributed by atoms with van der Waals surface area (Å²) in [6.45, 7) is 18.4. The molecule has 0 aromatic carbocycles. The smallest absolute Gasteiger partial charge is 0.0762 e. The van der Waals surface area contributed by atoms with Crippen molar-refractivity contribution < 1.29 is 15.3 Å². The SMILES string of the molecule is C=C1[C@@H](O)CC[C@@]2(C)[C@H]1C[C@@H](O)C1=C3[C@@H](O)C[C@H]([C@H](C)CC[C@@H](C)C(C)C)[C@@]3(C)CC[C@@H]12. The molecule has 0 amide bonds. The van der Waals surface area contributed by atoms with E-state index in [0.29, 0.717) is 24.2 Å². The van der Waals surface area contributed by atoms with Crippen molar-refractivity contribution in [2.75, 3.05) is 0 Å². The predicted molar refractivity (Wildman–Crippen MR) is 131 cm³/mol. The van der Waals surface area contributed by atoms with Crippen LogP contribution in [0.25, 0.3) is 0 Å². The Morgan fingerprint density at radius 1 is 0.875 bits per heavy atom. The Kier molecular flexibility index (Phi) is 6.53. The zero-order valence-electron chi connectivity index (χ0n) is 21.4. The number of aliphatic hydroxyl groups excluding tert-OH is 3. The molecule has 4 aliphatic rings. The molecule has 0 bridgehead atoms. The molecule has 4 rings (SSSR count). The lowest BCUT2D eigenvalue weighted by atomic mass is 9.47. The molecule has 3 N–H and O–H groups in total. The lowest BCUT2D eigenvalue weighted by molar-refractivity contribution is -0.0336. The molecule has 4 aliphatic carbocycles. The van der Waals surface area contributed by atoms with E-state index in [0.717, 1.165) is 49.5 Å². The van der Waals surface area contributed by atoms with Crippen molar-refractivity contribution in [2.45, 2.75) is 111 Å². The van der Waals surface area contributed by atoms with Crippen molar-refractivity contribution in [3.8, 4) is 0 Å². The summed E-state index contributed by atoms with van der Waals surface area (Å²) in [6.07, 6.45) is 6.54. The highest BCUT2D eigenvalue weighted by Crippen LogP contribution is 2.66. The lowest BCUT2D eigenvalue weighted by Gasteiger charge is -2.58. The molecule has 0 saturated heterocycles. The van der Waals surface area contributed by atoms with Crippen molar-refractivity contribution in [1.82, 2.24) is 0 Å². The van der Waals surface area contributed by atoms with Gasteiger partial charge in [0.15, 0.2) is 0 Å². The Balaban J connectivity index is 1.65. The van der Waals surface area contributed by atoms with Gasteiger partial charge in [-0.1, -0.05) is 61.0 Å². The van der Waals surface area contributed by atoms with Gasteiger partial charge in [0.2, 0.25) is 0 Å². The molecule has 0 spiro atoms. The van der Waals surface area contributed by atoms with Gasteiger partial charge in [0.1, 0.15) is 0 Å².